The van der Waals surface area contributed by atoms with E-state index in [9.17, 15) is 19.2 Å². The molecule has 0 aliphatic rings. The van der Waals surface area contributed by atoms with Crippen LogP contribution in [0.2, 0.25) is 0 Å². The molecule has 0 saturated carbocycles. The number of hydrogen-bond acceptors (Lipinski definition) is 12. The number of methoxy groups -OCH3 is 1. The van der Waals surface area contributed by atoms with Gasteiger partial charge in [0.05, 0.1) is 44.6 Å². The molecule has 55 heavy (non-hydrogen) atoms. The van der Waals surface area contributed by atoms with Gasteiger partial charge in [-0.15, -0.1) is 5.11 Å². The molecule has 3 aromatic carbocycles. The Morgan fingerprint density at radius 3 is 1.82 bits per heavy atom. The molecule has 17 heteroatoms. The minimum atomic E-state index is -1.31. The first-order valence-electron chi connectivity index (χ1n) is 16.9. The van der Waals surface area contributed by atoms with Crippen molar-refractivity contribution in [3.63, 3.8) is 0 Å². The Bertz CT molecular complexity index is 1740. The van der Waals surface area contributed by atoms with E-state index in [0.29, 0.717) is 31.4 Å². The number of amides is 2. The SMILES string of the molecule is COC(=O)C(CCCCNC(=O)c1ccc(P(c2ccccc2)c2ccccc2)cc1)NC(=O)c1ccc(N=N)nc1.O=C(O)CNC(CO)(CO)CO.[Tc]. The van der Waals surface area contributed by atoms with Gasteiger partial charge in [0.15, 0.2) is 5.82 Å². The zero-order chi connectivity index (χ0) is 39.3. The quantitative estimate of drug-likeness (QED) is 0.0292. The van der Waals surface area contributed by atoms with Gasteiger partial charge >= 0.3 is 11.9 Å². The average molecular weight is 859 g/mol. The van der Waals surface area contributed by atoms with Crippen LogP contribution in [0.4, 0.5) is 5.82 Å². The summed E-state index contributed by atoms with van der Waals surface area (Å²) < 4.78 is 4.84. The minimum Gasteiger partial charge on any atom is -0.480 e. The maximum atomic E-state index is 12.8. The van der Waals surface area contributed by atoms with Gasteiger partial charge in [-0.1, -0.05) is 72.8 Å². The topological polar surface area (TPSA) is 244 Å². The monoisotopic (exact) mass is 857 g/mol. The molecule has 4 rings (SSSR count). The summed E-state index contributed by atoms with van der Waals surface area (Å²) in [5, 5.41) is 49.2. The molecule has 0 aliphatic heterocycles. The third-order valence-electron chi connectivity index (χ3n) is 8.06. The van der Waals surface area contributed by atoms with Crippen molar-refractivity contribution in [1.29, 1.82) is 5.53 Å². The van der Waals surface area contributed by atoms with Crippen molar-refractivity contribution in [3.05, 3.63) is 114 Å². The van der Waals surface area contributed by atoms with E-state index in [1.54, 1.807) is 0 Å². The van der Waals surface area contributed by atoms with Crippen LogP contribution in [0.25, 0.3) is 0 Å². The third kappa shape index (κ3) is 14.8. The molecule has 15 nitrogen and oxygen atoms in total. The molecule has 1 heterocycles. The molecule has 0 spiro atoms. The van der Waals surface area contributed by atoms with Gasteiger partial charge in [0.1, 0.15) is 6.04 Å². The number of aliphatic hydroxyl groups excluding tert-OH is 3. The third-order valence-corrected chi connectivity index (χ3v) is 10.5. The summed E-state index contributed by atoms with van der Waals surface area (Å²) in [5.41, 5.74) is 6.47. The van der Waals surface area contributed by atoms with Crippen molar-refractivity contribution in [2.75, 3.05) is 40.0 Å². The number of carboxylic acid groups (broad SMARTS) is 1. The fourth-order valence-corrected chi connectivity index (χ4v) is 7.22. The molecular weight excluding hydrogens is 813 g/mol. The number of carbonyl (C=O) groups excluding carboxylic acids is 3. The van der Waals surface area contributed by atoms with E-state index in [-0.39, 0.29) is 37.4 Å². The van der Waals surface area contributed by atoms with Crippen molar-refractivity contribution >= 4 is 53.4 Å². The Morgan fingerprint density at radius 2 is 1.35 bits per heavy atom. The number of benzene rings is 3. The molecular formula is C38H45N6O9PTc. The van der Waals surface area contributed by atoms with E-state index in [1.165, 1.54) is 36.0 Å². The van der Waals surface area contributed by atoms with Crippen LogP contribution in [0.1, 0.15) is 40.0 Å². The number of unbranched alkanes of at least 4 members (excludes halogenated alkanes) is 1. The molecule has 4 aromatic rings. The summed E-state index contributed by atoms with van der Waals surface area (Å²) in [4.78, 5) is 51.6. The minimum absolute atomic E-state index is 0. The van der Waals surface area contributed by atoms with Gasteiger partial charge in [-0.2, -0.15) is 0 Å². The Kier molecular flexibility index (Phi) is 20.7. The van der Waals surface area contributed by atoms with Crippen LogP contribution in [0.5, 0.6) is 0 Å². The number of carbonyl (C=O) groups is 4. The Morgan fingerprint density at radius 1 is 0.800 bits per heavy atom. The van der Waals surface area contributed by atoms with Crippen LogP contribution in [0, 0.1) is 5.53 Å². The van der Waals surface area contributed by atoms with E-state index in [0.717, 1.165) is 5.30 Å². The molecule has 0 aliphatic carbocycles. The summed E-state index contributed by atoms with van der Waals surface area (Å²) in [6.45, 7) is -1.55. The Hall–Kier alpha value is -4.79. The first kappa shape index (κ1) is 46.4. The smallest absolute Gasteiger partial charge is 0.328 e. The number of hydrogen-bond donors (Lipinski definition) is 8. The molecule has 0 saturated heterocycles. The van der Waals surface area contributed by atoms with Crippen LogP contribution in [0.15, 0.2) is 108 Å². The van der Waals surface area contributed by atoms with Gasteiger partial charge < -0.3 is 35.8 Å². The van der Waals surface area contributed by atoms with E-state index in [2.05, 4.69) is 50.3 Å². The first-order chi connectivity index (χ1) is 26.1. The van der Waals surface area contributed by atoms with Crippen molar-refractivity contribution in [1.82, 2.24) is 20.9 Å². The largest absolute Gasteiger partial charge is 0.480 e. The number of aromatic nitrogens is 1. The number of aliphatic hydroxyl groups is 3. The van der Waals surface area contributed by atoms with Crippen LogP contribution in [-0.4, -0.2) is 101 Å². The van der Waals surface area contributed by atoms with E-state index in [1.807, 2.05) is 60.7 Å². The fraction of sp³-hybridized carbons (Fsp3) is 0.289. The van der Waals surface area contributed by atoms with Crippen LogP contribution < -0.4 is 31.9 Å². The molecule has 0 bridgehead atoms. The van der Waals surface area contributed by atoms with Crippen LogP contribution >= 0.6 is 7.92 Å². The van der Waals surface area contributed by atoms with Gasteiger partial charge in [0, 0.05) is 38.4 Å². The predicted octanol–water partition coefficient (Wildman–Crippen LogP) is 1.75. The number of esters is 1. The Balaban J connectivity index is 0.000000694. The van der Waals surface area contributed by atoms with Gasteiger partial charge in [-0.25, -0.2) is 15.3 Å². The fourth-order valence-electron chi connectivity index (χ4n) is 4.94. The molecule has 2 amide bonds. The number of carboxylic acids is 1. The summed E-state index contributed by atoms with van der Waals surface area (Å²) in [5.74, 6) is -2.13. The summed E-state index contributed by atoms with van der Waals surface area (Å²) in [6, 6.07) is 30.6. The number of rotatable bonds is 19. The van der Waals surface area contributed by atoms with Crippen molar-refractivity contribution in [2.45, 2.75) is 30.8 Å². The second kappa shape index (κ2) is 24.6. The molecule has 1 unspecified atom stereocenters. The number of ether oxygens (including phenoxy) is 1. The van der Waals surface area contributed by atoms with Crippen molar-refractivity contribution in [2.24, 2.45) is 5.11 Å². The van der Waals surface area contributed by atoms with Crippen LogP contribution in [0.3, 0.4) is 0 Å². The maximum Gasteiger partial charge on any atom is 0.328 e. The van der Waals surface area contributed by atoms with Gasteiger partial charge in [-0.05, 0) is 67.4 Å². The average Bonchev–Trinajstić information content (AvgIpc) is 3.22. The van der Waals surface area contributed by atoms with Gasteiger partial charge in [0.25, 0.3) is 11.8 Å². The Labute approximate surface area is 333 Å². The molecule has 0 fully saturated rings. The van der Waals surface area contributed by atoms with Gasteiger partial charge in [-0.3, -0.25) is 19.7 Å². The summed E-state index contributed by atoms with van der Waals surface area (Å²) >= 11 is 0. The van der Waals surface area contributed by atoms with Crippen molar-refractivity contribution < 1.29 is 64.4 Å². The summed E-state index contributed by atoms with van der Waals surface area (Å²) in [6.07, 6.45) is 2.83. The standard InChI is InChI=1S/C32H32N5O4P.C6H13NO5.Tc/c1-41-32(40)28(36-31(39)24-17-20-29(37-33)35-22-24)14-8-9-21-34-30(38)23-15-18-27(19-16-23)42(25-10-4-2-5-11-25)26-12-6-3-7-13-26;8-2-6(3-9,4-10)7-1-5(11)12;/h2-7,10-13,15-20,22,28,33H,8-9,14,21H2,1H3,(H,34,38)(H,36,39);7-10H,1-4H2,(H,11,12);. The van der Waals surface area contributed by atoms with E-state index >= 15 is 0 Å². The van der Waals surface area contributed by atoms with E-state index < -0.39 is 63.7 Å². The van der Waals surface area contributed by atoms with Crippen molar-refractivity contribution in [3.8, 4) is 0 Å². The zero-order valence-corrected chi connectivity index (χ0v) is 32.9. The summed E-state index contributed by atoms with van der Waals surface area (Å²) in [7, 11) is 0.521. The van der Waals surface area contributed by atoms with Gasteiger partial charge in [0.2, 0.25) is 0 Å². The number of aliphatic carboxylic acids is 1. The maximum absolute atomic E-state index is 12.8. The number of pyridine rings is 1. The molecule has 8 N–H and O–H groups in total. The second-order valence-corrected chi connectivity index (χ2v) is 14.1. The number of nitrogens with one attached hydrogen (secondary N) is 4. The first-order valence-corrected chi connectivity index (χ1v) is 18.2. The predicted molar refractivity (Wildman–Crippen MR) is 203 cm³/mol. The molecule has 1 atom stereocenters. The molecule has 1 aromatic heterocycles. The molecule has 1 radical (unpaired) electrons. The van der Waals surface area contributed by atoms with Crippen LogP contribution in [-0.2, 0) is 34.4 Å². The normalized spacial score (nSPS) is 11.2. The van der Waals surface area contributed by atoms with E-state index in [4.69, 9.17) is 30.7 Å². The zero-order valence-electron chi connectivity index (χ0n) is 30.1. The molecule has 293 valence electrons. The second-order valence-electron chi connectivity index (χ2n) is 11.9. The number of nitrogens with zero attached hydrogens (tertiary/aromatic N) is 2.